The average Bonchev–Trinajstić information content (AvgIpc) is 2.11. The SMILES string of the molecule is CC=CC=CC=CCC(N)CCC. The van der Waals surface area contributed by atoms with Gasteiger partial charge in [-0.15, -0.1) is 0 Å². The lowest BCUT2D eigenvalue weighted by Gasteiger charge is -2.04. The van der Waals surface area contributed by atoms with E-state index >= 15 is 0 Å². The lowest BCUT2D eigenvalue weighted by Crippen LogP contribution is -2.17. The van der Waals surface area contributed by atoms with Crippen molar-refractivity contribution in [2.75, 3.05) is 0 Å². The molecule has 0 radical (unpaired) electrons. The zero-order chi connectivity index (χ0) is 9.94. The minimum absolute atomic E-state index is 0.330. The van der Waals surface area contributed by atoms with Gasteiger partial charge in [-0.05, 0) is 19.8 Å². The van der Waals surface area contributed by atoms with E-state index in [4.69, 9.17) is 5.73 Å². The maximum atomic E-state index is 5.84. The highest BCUT2D eigenvalue weighted by molar-refractivity contribution is 5.10. The third kappa shape index (κ3) is 9.09. The molecule has 1 nitrogen and oxygen atoms in total. The van der Waals surface area contributed by atoms with Crippen LogP contribution in [0, 0.1) is 0 Å². The number of rotatable bonds is 6. The molecule has 2 N–H and O–H groups in total. The van der Waals surface area contributed by atoms with Crippen LogP contribution in [0.25, 0.3) is 0 Å². The lowest BCUT2D eigenvalue weighted by molar-refractivity contribution is 0.610. The summed E-state index contributed by atoms with van der Waals surface area (Å²) in [6.45, 7) is 4.17. The minimum Gasteiger partial charge on any atom is -0.327 e. The Hall–Kier alpha value is -0.820. The van der Waals surface area contributed by atoms with E-state index in [9.17, 15) is 0 Å². The van der Waals surface area contributed by atoms with Gasteiger partial charge in [0.15, 0.2) is 0 Å². The Balaban J connectivity index is 3.50. The summed E-state index contributed by atoms with van der Waals surface area (Å²) in [5.74, 6) is 0. The van der Waals surface area contributed by atoms with Gasteiger partial charge in [-0.2, -0.15) is 0 Å². The second-order valence-corrected chi connectivity index (χ2v) is 3.12. The van der Waals surface area contributed by atoms with Crippen LogP contribution in [0.4, 0.5) is 0 Å². The van der Waals surface area contributed by atoms with Gasteiger partial charge in [-0.1, -0.05) is 49.8 Å². The van der Waals surface area contributed by atoms with Crippen molar-refractivity contribution in [3.63, 3.8) is 0 Å². The van der Waals surface area contributed by atoms with E-state index < -0.39 is 0 Å². The first-order valence-electron chi connectivity index (χ1n) is 5.01. The summed E-state index contributed by atoms with van der Waals surface area (Å²) in [5.41, 5.74) is 5.84. The molecule has 0 fully saturated rings. The summed E-state index contributed by atoms with van der Waals surface area (Å²) < 4.78 is 0. The highest BCUT2D eigenvalue weighted by atomic mass is 14.6. The van der Waals surface area contributed by atoms with Gasteiger partial charge in [0.2, 0.25) is 0 Å². The molecule has 0 aliphatic carbocycles. The Morgan fingerprint density at radius 3 is 2.46 bits per heavy atom. The Morgan fingerprint density at radius 2 is 1.85 bits per heavy atom. The molecule has 13 heavy (non-hydrogen) atoms. The average molecular weight is 179 g/mol. The van der Waals surface area contributed by atoms with Crippen molar-refractivity contribution >= 4 is 0 Å². The molecule has 0 aromatic heterocycles. The molecule has 0 bridgehead atoms. The van der Waals surface area contributed by atoms with Crippen LogP contribution in [0.1, 0.15) is 33.1 Å². The molecule has 0 aromatic rings. The second-order valence-electron chi connectivity index (χ2n) is 3.12. The van der Waals surface area contributed by atoms with Crippen LogP contribution in [0.3, 0.4) is 0 Å². The molecule has 0 heterocycles. The van der Waals surface area contributed by atoms with Crippen LogP contribution in [-0.2, 0) is 0 Å². The van der Waals surface area contributed by atoms with Gasteiger partial charge in [0.05, 0.1) is 0 Å². The van der Waals surface area contributed by atoms with Crippen LogP contribution in [-0.4, -0.2) is 6.04 Å². The summed E-state index contributed by atoms with van der Waals surface area (Å²) in [6, 6.07) is 0.330. The molecule has 0 aliphatic heterocycles. The Kier molecular flexibility index (Phi) is 8.68. The number of allylic oxidation sites excluding steroid dienone is 5. The Labute approximate surface area is 82.0 Å². The Morgan fingerprint density at radius 1 is 1.15 bits per heavy atom. The van der Waals surface area contributed by atoms with E-state index in [0.29, 0.717) is 6.04 Å². The topological polar surface area (TPSA) is 26.0 Å². The summed E-state index contributed by atoms with van der Waals surface area (Å²) in [4.78, 5) is 0. The summed E-state index contributed by atoms with van der Waals surface area (Å²) in [7, 11) is 0. The standard InChI is InChI=1S/C12H21N/c1-3-5-6-7-8-9-11-12(13)10-4-2/h3,5-9,12H,4,10-11,13H2,1-2H3. The predicted molar refractivity (Wildman–Crippen MR) is 60.6 cm³/mol. The highest BCUT2D eigenvalue weighted by Crippen LogP contribution is 1.98. The van der Waals surface area contributed by atoms with Crippen LogP contribution in [0.15, 0.2) is 36.5 Å². The summed E-state index contributed by atoms with van der Waals surface area (Å²) >= 11 is 0. The summed E-state index contributed by atoms with van der Waals surface area (Å²) in [5, 5.41) is 0. The van der Waals surface area contributed by atoms with E-state index in [0.717, 1.165) is 12.8 Å². The van der Waals surface area contributed by atoms with E-state index in [2.05, 4.69) is 19.1 Å². The van der Waals surface area contributed by atoms with Gasteiger partial charge < -0.3 is 5.73 Å². The smallest absolute Gasteiger partial charge is 0.00734 e. The molecule has 0 amide bonds. The first kappa shape index (κ1) is 12.2. The second kappa shape index (κ2) is 9.27. The maximum Gasteiger partial charge on any atom is 0.00734 e. The first-order valence-corrected chi connectivity index (χ1v) is 5.01. The van der Waals surface area contributed by atoms with Crippen LogP contribution in [0.5, 0.6) is 0 Å². The van der Waals surface area contributed by atoms with Crippen molar-refractivity contribution in [3.05, 3.63) is 36.5 Å². The van der Waals surface area contributed by atoms with Crippen molar-refractivity contribution in [2.24, 2.45) is 5.73 Å². The van der Waals surface area contributed by atoms with Crippen LogP contribution >= 0.6 is 0 Å². The van der Waals surface area contributed by atoms with Gasteiger partial charge in [0, 0.05) is 6.04 Å². The molecule has 1 unspecified atom stereocenters. The van der Waals surface area contributed by atoms with Crippen molar-refractivity contribution < 1.29 is 0 Å². The fraction of sp³-hybridized carbons (Fsp3) is 0.500. The van der Waals surface area contributed by atoms with E-state index in [1.165, 1.54) is 6.42 Å². The number of hydrogen-bond donors (Lipinski definition) is 1. The lowest BCUT2D eigenvalue weighted by atomic mass is 10.1. The third-order valence-corrected chi connectivity index (χ3v) is 1.76. The maximum absolute atomic E-state index is 5.84. The zero-order valence-electron chi connectivity index (χ0n) is 8.74. The van der Waals surface area contributed by atoms with Crippen molar-refractivity contribution in [3.8, 4) is 0 Å². The van der Waals surface area contributed by atoms with Crippen molar-refractivity contribution in [1.29, 1.82) is 0 Å². The van der Waals surface area contributed by atoms with E-state index in [-0.39, 0.29) is 0 Å². The molecular formula is C12H21N. The van der Waals surface area contributed by atoms with Crippen molar-refractivity contribution in [2.45, 2.75) is 39.2 Å². The monoisotopic (exact) mass is 179 g/mol. The molecule has 0 saturated carbocycles. The fourth-order valence-electron chi connectivity index (χ4n) is 1.06. The zero-order valence-corrected chi connectivity index (χ0v) is 8.74. The first-order chi connectivity index (χ1) is 6.31. The molecule has 0 aromatic carbocycles. The van der Waals surface area contributed by atoms with Gasteiger partial charge >= 0.3 is 0 Å². The number of hydrogen-bond acceptors (Lipinski definition) is 1. The predicted octanol–water partition coefficient (Wildman–Crippen LogP) is 3.19. The van der Waals surface area contributed by atoms with Gasteiger partial charge in [-0.3, -0.25) is 0 Å². The Bertz CT molecular complexity index is 178. The van der Waals surface area contributed by atoms with Gasteiger partial charge in [-0.25, -0.2) is 0 Å². The fourth-order valence-corrected chi connectivity index (χ4v) is 1.06. The quantitative estimate of drug-likeness (QED) is 0.623. The normalized spacial score (nSPS) is 15.0. The molecule has 1 heteroatoms. The van der Waals surface area contributed by atoms with Crippen LogP contribution in [0.2, 0.25) is 0 Å². The third-order valence-electron chi connectivity index (χ3n) is 1.76. The molecular weight excluding hydrogens is 158 g/mol. The van der Waals surface area contributed by atoms with Crippen molar-refractivity contribution in [1.82, 2.24) is 0 Å². The summed E-state index contributed by atoms with van der Waals surface area (Å²) in [6.07, 6.45) is 15.5. The molecule has 0 saturated heterocycles. The molecule has 1 atom stereocenters. The molecule has 0 spiro atoms. The van der Waals surface area contributed by atoms with E-state index in [1.807, 2.05) is 31.2 Å². The highest BCUT2D eigenvalue weighted by Gasteiger charge is 1.95. The molecule has 0 rings (SSSR count). The number of nitrogens with two attached hydrogens (primary N) is 1. The van der Waals surface area contributed by atoms with Gasteiger partial charge in [0.1, 0.15) is 0 Å². The van der Waals surface area contributed by atoms with Crippen LogP contribution < -0.4 is 5.73 Å². The molecule has 0 aliphatic rings. The molecule has 74 valence electrons. The largest absolute Gasteiger partial charge is 0.327 e. The van der Waals surface area contributed by atoms with E-state index in [1.54, 1.807) is 0 Å². The minimum atomic E-state index is 0.330. The van der Waals surface area contributed by atoms with Gasteiger partial charge in [0.25, 0.3) is 0 Å².